The van der Waals surface area contributed by atoms with Gasteiger partial charge in [-0.15, -0.1) is 0 Å². The largest absolute Gasteiger partial charge is 0.453 e. The molecule has 0 saturated carbocycles. The molecule has 0 spiro atoms. The monoisotopic (exact) mass is 280 g/mol. The predicted molar refractivity (Wildman–Crippen MR) is 81.5 cm³/mol. The molecule has 0 aliphatic heterocycles. The summed E-state index contributed by atoms with van der Waals surface area (Å²) < 4.78 is 11.0. The maximum Gasteiger partial charge on any atom is 0.223 e. The Balaban J connectivity index is 1.52. The van der Waals surface area contributed by atoms with Crippen LogP contribution in [0.2, 0.25) is 0 Å². The molecule has 3 rings (SSSR count). The summed E-state index contributed by atoms with van der Waals surface area (Å²) in [6.07, 6.45) is 0.800. The molecule has 0 atom stereocenters. The molecule has 21 heavy (non-hydrogen) atoms. The van der Waals surface area contributed by atoms with Crippen molar-refractivity contribution < 1.29 is 13.9 Å². The van der Waals surface area contributed by atoms with Crippen molar-refractivity contribution in [3.8, 4) is 0 Å². The number of para-hydroxylation sites is 1. The molecule has 1 aromatic heterocycles. The zero-order valence-corrected chi connectivity index (χ0v) is 11.6. The summed E-state index contributed by atoms with van der Waals surface area (Å²) >= 11 is 0. The standard InChI is InChI=1S/C18H16O3/c19-16(13-20-11-10-14-6-2-1-3-7-14)18-12-15-8-4-5-9-17(15)21-18/h1-9,12H,10-11,13H2. The van der Waals surface area contributed by atoms with Crippen LogP contribution in [0.1, 0.15) is 16.1 Å². The van der Waals surface area contributed by atoms with Gasteiger partial charge in [-0.1, -0.05) is 48.5 Å². The summed E-state index contributed by atoms with van der Waals surface area (Å²) in [6, 6.07) is 19.4. The summed E-state index contributed by atoms with van der Waals surface area (Å²) in [5.74, 6) is 0.232. The first-order chi connectivity index (χ1) is 10.3. The first-order valence-electron chi connectivity index (χ1n) is 6.96. The van der Waals surface area contributed by atoms with E-state index in [1.165, 1.54) is 5.56 Å². The normalized spacial score (nSPS) is 10.9. The Labute approximate surface area is 123 Å². The van der Waals surface area contributed by atoms with Crippen LogP contribution in [0.15, 0.2) is 65.1 Å². The highest BCUT2D eigenvalue weighted by molar-refractivity contribution is 5.98. The summed E-state index contributed by atoms with van der Waals surface area (Å²) in [5.41, 5.74) is 1.93. The van der Waals surface area contributed by atoms with Crippen LogP contribution in [0, 0.1) is 0 Å². The van der Waals surface area contributed by atoms with Crippen molar-refractivity contribution in [3.05, 3.63) is 72.0 Å². The molecule has 0 bridgehead atoms. The van der Waals surface area contributed by atoms with Crippen LogP contribution in [-0.2, 0) is 11.2 Å². The first-order valence-corrected chi connectivity index (χ1v) is 6.96. The van der Waals surface area contributed by atoms with Gasteiger partial charge >= 0.3 is 0 Å². The minimum absolute atomic E-state index is 0.0483. The Kier molecular flexibility index (Phi) is 4.12. The fraction of sp³-hybridized carbons (Fsp3) is 0.167. The molecular formula is C18H16O3. The van der Waals surface area contributed by atoms with E-state index in [0.29, 0.717) is 12.4 Å². The Morgan fingerprint density at radius 3 is 2.57 bits per heavy atom. The van der Waals surface area contributed by atoms with Gasteiger partial charge in [-0.25, -0.2) is 0 Å². The average Bonchev–Trinajstić information content (AvgIpc) is 2.96. The molecular weight excluding hydrogens is 264 g/mol. The maximum atomic E-state index is 12.0. The van der Waals surface area contributed by atoms with E-state index in [-0.39, 0.29) is 12.4 Å². The van der Waals surface area contributed by atoms with E-state index in [0.717, 1.165) is 17.4 Å². The first kappa shape index (κ1) is 13.6. The van der Waals surface area contributed by atoms with Crippen molar-refractivity contribution in [1.29, 1.82) is 0 Å². The Morgan fingerprint density at radius 2 is 1.76 bits per heavy atom. The molecule has 0 saturated heterocycles. The highest BCUT2D eigenvalue weighted by atomic mass is 16.5. The summed E-state index contributed by atoms with van der Waals surface area (Å²) in [7, 11) is 0. The number of hydrogen-bond acceptors (Lipinski definition) is 3. The van der Waals surface area contributed by atoms with E-state index in [1.807, 2.05) is 54.6 Å². The molecule has 0 aliphatic carbocycles. The van der Waals surface area contributed by atoms with E-state index >= 15 is 0 Å². The van der Waals surface area contributed by atoms with E-state index in [4.69, 9.17) is 9.15 Å². The lowest BCUT2D eigenvalue weighted by Gasteiger charge is -2.02. The number of Topliss-reactive ketones (excluding diaryl/α,β-unsaturated/α-hetero) is 1. The summed E-state index contributed by atoms with van der Waals surface area (Å²) in [5, 5.41) is 0.935. The van der Waals surface area contributed by atoms with Gasteiger partial charge in [-0.05, 0) is 24.1 Å². The van der Waals surface area contributed by atoms with Crippen LogP contribution in [0.4, 0.5) is 0 Å². The third-order valence-electron chi connectivity index (χ3n) is 3.31. The van der Waals surface area contributed by atoms with Crippen molar-refractivity contribution in [2.45, 2.75) is 6.42 Å². The molecule has 3 aromatic rings. The van der Waals surface area contributed by atoms with E-state index in [2.05, 4.69) is 0 Å². The van der Waals surface area contributed by atoms with Crippen LogP contribution in [0.3, 0.4) is 0 Å². The van der Waals surface area contributed by atoms with Gasteiger partial charge in [0, 0.05) is 5.39 Å². The second kappa shape index (κ2) is 6.37. The van der Waals surface area contributed by atoms with Crippen molar-refractivity contribution in [2.75, 3.05) is 13.2 Å². The maximum absolute atomic E-state index is 12.0. The lowest BCUT2D eigenvalue weighted by Crippen LogP contribution is -2.10. The molecule has 3 nitrogen and oxygen atoms in total. The molecule has 0 radical (unpaired) electrons. The number of benzene rings is 2. The van der Waals surface area contributed by atoms with Gasteiger partial charge < -0.3 is 9.15 Å². The van der Waals surface area contributed by atoms with Crippen LogP contribution in [0.5, 0.6) is 0 Å². The molecule has 106 valence electrons. The minimum Gasteiger partial charge on any atom is -0.453 e. The predicted octanol–water partition coefficient (Wildman–Crippen LogP) is 3.87. The van der Waals surface area contributed by atoms with Crippen molar-refractivity contribution >= 4 is 16.8 Å². The summed E-state index contributed by atoms with van der Waals surface area (Å²) in [4.78, 5) is 12.0. The molecule has 0 amide bonds. The number of ether oxygens (including phenoxy) is 1. The number of carbonyl (C=O) groups excluding carboxylic acids is 1. The van der Waals surface area contributed by atoms with Crippen LogP contribution in [-0.4, -0.2) is 19.0 Å². The van der Waals surface area contributed by atoms with Crippen molar-refractivity contribution in [2.24, 2.45) is 0 Å². The van der Waals surface area contributed by atoms with Crippen molar-refractivity contribution in [3.63, 3.8) is 0 Å². The SMILES string of the molecule is O=C(COCCc1ccccc1)c1cc2ccccc2o1. The molecule has 0 fully saturated rings. The zero-order valence-electron chi connectivity index (χ0n) is 11.6. The molecule has 3 heteroatoms. The summed E-state index contributed by atoms with van der Waals surface area (Å²) in [6.45, 7) is 0.572. The topological polar surface area (TPSA) is 39.4 Å². The van der Waals surface area contributed by atoms with Gasteiger partial charge in [0.1, 0.15) is 12.2 Å². The average molecular weight is 280 g/mol. The fourth-order valence-corrected chi connectivity index (χ4v) is 2.19. The van der Waals surface area contributed by atoms with Gasteiger partial charge in [-0.3, -0.25) is 4.79 Å². The number of ketones is 1. The number of fused-ring (bicyclic) bond motifs is 1. The van der Waals surface area contributed by atoms with E-state index < -0.39 is 0 Å². The molecule has 0 aliphatic rings. The third-order valence-corrected chi connectivity index (χ3v) is 3.31. The zero-order chi connectivity index (χ0) is 14.5. The quantitative estimate of drug-likeness (QED) is 0.508. The molecule has 0 unspecified atom stereocenters. The lowest BCUT2D eigenvalue weighted by molar-refractivity contribution is 0.0740. The van der Waals surface area contributed by atoms with E-state index in [9.17, 15) is 4.79 Å². The number of hydrogen-bond donors (Lipinski definition) is 0. The fourth-order valence-electron chi connectivity index (χ4n) is 2.19. The number of rotatable bonds is 6. The number of furan rings is 1. The highest BCUT2D eigenvalue weighted by Crippen LogP contribution is 2.19. The minimum atomic E-state index is -0.126. The van der Waals surface area contributed by atoms with Gasteiger partial charge in [-0.2, -0.15) is 0 Å². The van der Waals surface area contributed by atoms with Crippen LogP contribution in [0.25, 0.3) is 11.0 Å². The Bertz CT molecular complexity index is 695. The van der Waals surface area contributed by atoms with Gasteiger partial charge in [0.2, 0.25) is 5.78 Å². The van der Waals surface area contributed by atoms with Gasteiger partial charge in [0.25, 0.3) is 0 Å². The smallest absolute Gasteiger partial charge is 0.223 e. The van der Waals surface area contributed by atoms with Crippen LogP contribution < -0.4 is 0 Å². The number of carbonyl (C=O) groups is 1. The molecule has 0 N–H and O–H groups in total. The van der Waals surface area contributed by atoms with Crippen molar-refractivity contribution in [1.82, 2.24) is 0 Å². The van der Waals surface area contributed by atoms with Gasteiger partial charge in [0.15, 0.2) is 5.76 Å². The molecule has 2 aromatic carbocycles. The van der Waals surface area contributed by atoms with Gasteiger partial charge in [0.05, 0.1) is 6.61 Å². The lowest BCUT2D eigenvalue weighted by atomic mass is 10.2. The van der Waals surface area contributed by atoms with E-state index in [1.54, 1.807) is 6.07 Å². The highest BCUT2D eigenvalue weighted by Gasteiger charge is 2.12. The second-order valence-electron chi connectivity index (χ2n) is 4.86. The van der Waals surface area contributed by atoms with Crippen LogP contribution >= 0.6 is 0 Å². The third kappa shape index (κ3) is 3.38. The second-order valence-corrected chi connectivity index (χ2v) is 4.86. The Hall–Kier alpha value is -2.39. The molecule has 1 heterocycles. The Morgan fingerprint density at radius 1 is 1.00 bits per heavy atom.